The monoisotopic (exact) mass is 419 g/mol. The third-order valence-corrected chi connectivity index (χ3v) is 6.31. The van der Waals surface area contributed by atoms with Crippen LogP contribution in [0.15, 0.2) is 45.7 Å². The maximum atomic E-state index is 13.6. The SMILES string of the molecule is Cc1cc2oc3c(c(=O)c2cc1C)C(c1ccccn1)N(CCN1CCOCC1)C3=O. The quantitative estimate of drug-likeness (QED) is 0.647. The molecule has 2 aromatic heterocycles. The Morgan fingerprint density at radius 3 is 2.58 bits per heavy atom. The summed E-state index contributed by atoms with van der Waals surface area (Å²) in [7, 11) is 0. The van der Waals surface area contributed by atoms with Crippen LogP contribution in [0.25, 0.3) is 11.0 Å². The van der Waals surface area contributed by atoms with E-state index in [1.165, 1.54) is 0 Å². The number of hydrogen-bond donors (Lipinski definition) is 0. The smallest absolute Gasteiger partial charge is 0.291 e. The number of morpholine rings is 1. The molecule has 1 saturated heterocycles. The van der Waals surface area contributed by atoms with E-state index in [1.807, 2.05) is 44.2 Å². The molecular formula is C24H25N3O4. The highest BCUT2D eigenvalue weighted by Gasteiger charge is 2.43. The summed E-state index contributed by atoms with van der Waals surface area (Å²) in [5, 5.41) is 0.505. The molecular weight excluding hydrogens is 394 g/mol. The van der Waals surface area contributed by atoms with Gasteiger partial charge in [0.2, 0.25) is 5.76 Å². The minimum absolute atomic E-state index is 0.137. The van der Waals surface area contributed by atoms with Crippen LogP contribution < -0.4 is 5.43 Å². The first-order valence-electron chi connectivity index (χ1n) is 10.6. The zero-order chi connectivity index (χ0) is 21.5. The maximum Gasteiger partial charge on any atom is 0.291 e. The largest absolute Gasteiger partial charge is 0.450 e. The summed E-state index contributed by atoms with van der Waals surface area (Å²) < 4.78 is 11.5. The second-order valence-electron chi connectivity index (χ2n) is 8.22. The lowest BCUT2D eigenvalue weighted by Gasteiger charge is -2.30. The molecule has 4 heterocycles. The first-order valence-corrected chi connectivity index (χ1v) is 10.6. The Labute approximate surface area is 180 Å². The van der Waals surface area contributed by atoms with E-state index in [0.717, 1.165) is 24.2 Å². The molecule has 0 N–H and O–H groups in total. The van der Waals surface area contributed by atoms with Gasteiger partial charge < -0.3 is 14.1 Å². The molecule has 2 aliphatic rings. The van der Waals surface area contributed by atoms with Gasteiger partial charge in [0.1, 0.15) is 11.6 Å². The van der Waals surface area contributed by atoms with Gasteiger partial charge in [0.05, 0.1) is 29.9 Å². The zero-order valence-corrected chi connectivity index (χ0v) is 17.8. The number of aryl methyl sites for hydroxylation is 2. The fraction of sp³-hybridized carbons (Fsp3) is 0.375. The molecule has 5 rings (SSSR count). The van der Waals surface area contributed by atoms with Crippen molar-refractivity contribution < 1.29 is 13.9 Å². The summed E-state index contributed by atoms with van der Waals surface area (Å²) in [6.07, 6.45) is 1.69. The number of carbonyl (C=O) groups is 1. The van der Waals surface area contributed by atoms with Crippen LogP contribution in [-0.4, -0.2) is 60.1 Å². The summed E-state index contributed by atoms with van der Waals surface area (Å²) in [6.45, 7) is 8.19. The molecule has 7 nitrogen and oxygen atoms in total. The average molecular weight is 419 g/mol. The van der Waals surface area contributed by atoms with Gasteiger partial charge in [-0.15, -0.1) is 0 Å². The summed E-state index contributed by atoms with van der Waals surface area (Å²) in [5.74, 6) is -0.116. The molecule has 0 bridgehead atoms. The average Bonchev–Trinajstić information content (AvgIpc) is 3.07. The van der Waals surface area contributed by atoms with Crippen LogP contribution >= 0.6 is 0 Å². The standard InChI is InChI=1S/C24H25N3O4/c1-15-13-17-19(14-16(15)2)31-23-20(22(17)28)21(18-5-3-4-6-25-18)27(24(23)29)8-7-26-9-11-30-12-10-26/h3-6,13-14,21H,7-12H2,1-2H3. The molecule has 1 fully saturated rings. The van der Waals surface area contributed by atoms with E-state index in [0.29, 0.717) is 48.5 Å². The van der Waals surface area contributed by atoms with Gasteiger partial charge >= 0.3 is 0 Å². The predicted octanol–water partition coefficient (Wildman–Crippen LogP) is 2.68. The summed E-state index contributed by atoms with van der Waals surface area (Å²) >= 11 is 0. The van der Waals surface area contributed by atoms with Crippen molar-refractivity contribution in [3.63, 3.8) is 0 Å². The van der Waals surface area contributed by atoms with Crippen molar-refractivity contribution in [3.8, 4) is 0 Å². The molecule has 0 aliphatic carbocycles. The fourth-order valence-electron chi connectivity index (χ4n) is 4.43. The number of benzene rings is 1. The summed E-state index contributed by atoms with van der Waals surface area (Å²) in [6, 6.07) is 8.71. The van der Waals surface area contributed by atoms with E-state index < -0.39 is 6.04 Å². The lowest BCUT2D eigenvalue weighted by molar-refractivity contribution is 0.0314. The highest BCUT2D eigenvalue weighted by Crippen LogP contribution is 2.37. The number of hydrogen-bond acceptors (Lipinski definition) is 6. The number of nitrogens with zero attached hydrogens (tertiary/aromatic N) is 3. The van der Waals surface area contributed by atoms with Gasteiger partial charge in [0.25, 0.3) is 5.91 Å². The predicted molar refractivity (Wildman–Crippen MR) is 116 cm³/mol. The molecule has 0 radical (unpaired) electrons. The lowest BCUT2D eigenvalue weighted by atomic mass is 10.0. The maximum absolute atomic E-state index is 13.6. The van der Waals surface area contributed by atoms with Crippen LogP contribution in [0.4, 0.5) is 0 Å². The van der Waals surface area contributed by atoms with E-state index in [-0.39, 0.29) is 17.1 Å². The van der Waals surface area contributed by atoms with Crippen molar-refractivity contribution in [2.24, 2.45) is 0 Å². The van der Waals surface area contributed by atoms with Crippen molar-refractivity contribution in [2.75, 3.05) is 39.4 Å². The van der Waals surface area contributed by atoms with Gasteiger partial charge in [0, 0.05) is 32.4 Å². The fourth-order valence-corrected chi connectivity index (χ4v) is 4.43. The van der Waals surface area contributed by atoms with Crippen molar-refractivity contribution in [2.45, 2.75) is 19.9 Å². The van der Waals surface area contributed by atoms with Crippen molar-refractivity contribution in [1.29, 1.82) is 0 Å². The summed E-state index contributed by atoms with van der Waals surface area (Å²) in [5.41, 5.74) is 3.40. The Hall–Kier alpha value is -3.03. The van der Waals surface area contributed by atoms with Gasteiger partial charge in [-0.1, -0.05) is 6.07 Å². The van der Waals surface area contributed by atoms with Crippen LogP contribution in [0.3, 0.4) is 0 Å². The minimum Gasteiger partial charge on any atom is -0.450 e. The van der Waals surface area contributed by atoms with E-state index in [1.54, 1.807) is 11.1 Å². The van der Waals surface area contributed by atoms with Gasteiger partial charge in [-0.2, -0.15) is 0 Å². The van der Waals surface area contributed by atoms with Crippen LogP contribution in [-0.2, 0) is 4.74 Å². The molecule has 1 atom stereocenters. The van der Waals surface area contributed by atoms with Crippen LogP contribution in [0.5, 0.6) is 0 Å². The number of pyridine rings is 1. The van der Waals surface area contributed by atoms with Crippen LogP contribution in [0.2, 0.25) is 0 Å². The normalized spacial score (nSPS) is 19.2. The number of amides is 1. The highest BCUT2D eigenvalue weighted by molar-refractivity contribution is 5.99. The third-order valence-electron chi connectivity index (χ3n) is 6.31. The Balaban J connectivity index is 1.61. The first kappa shape index (κ1) is 19.9. The topological polar surface area (TPSA) is 75.9 Å². The van der Waals surface area contributed by atoms with Gasteiger partial charge in [-0.3, -0.25) is 19.5 Å². The Kier molecular flexibility index (Phi) is 5.08. The van der Waals surface area contributed by atoms with Crippen molar-refractivity contribution in [3.05, 3.63) is 74.9 Å². The van der Waals surface area contributed by atoms with E-state index in [2.05, 4.69) is 9.88 Å². The second kappa shape index (κ2) is 7.90. The number of rotatable bonds is 4. The molecule has 160 valence electrons. The van der Waals surface area contributed by atoms with E-state index in [4.69, 9.17) is 9.15 Å². The van der Waals surface area contributed by atoms with E-state index >= 15 is 0 Å². The molecule has 2 aliphatic heterocycles. The molecule has 1 unspecified atom stereocenters. The second-order valence-corrected chi connectivity index (χ2v) is 8.22. The highest BCUT2D eigenvalue weighted by atomic mass is 16.5. The Morgan fingerprint density at radius 1 is 1.06 bits per heavy atom. The lowest BCUT2D eigenvalue weighted by Crippen LogP contribution is -2.42. The number of ether oxygens (including phenoxy) is 1. The van der Waals surface area contributed by atoms with Crippen LogP contribution in [0.1, 0.15) is 39.0 Å². The Bertz CT molecular complexity index is 1200. The molecule has 0 saturated carbocycles. The summed E-state index contributed by atoms with van der Waals surface area (Å²) in [4.78, 5) is 35.5. The molecule has 7 heteroatoms. The van der Waals surface area contributed by atoms with Gasteiger partial charge in [0.15, 0.2) is 5.43 Å². The number of aromatic nitrogens is 1. The van der Waals surface area contributed by atoms with Gasteiger partial charge in [-0.25, -0.2) is 0 Å². The molecule has 1 amide bonds. The molecule has 31 heavy (non-hydrogen) atoms. The minimum atomic E-state index is -0.549. The molecule has 1 aromatic carbocycles. The Morgan fingerprint density at radius 2 is 1.84 bits per heavy atom. The van der Waals surface area contributed by atoms with E-state index in [9.17, 15) is 9.59 Å². The number of carbonyl (C=O) groups excluding carboxylic acids is 1. The first-order chi connectivity index (χ1) is 15.0. The molecule has 3 aromatic rings. The van der Waals surface area contributed by atoms with Crippen molar-refractivity contribution >= 4 is 16.9 Å². The zero-order valence-electron chi connectivity index (χ0n) is 17.8. The third kappa shape index (κ3) is 3.43. The van der Waals surface area contributed by atoms with Crippen LogP contribution in [0, 0.1) is 13.8 Å². The molecule has 0 spiro atoms. The number of fused-ring (bicyclic) bond motifs is 2. The van der Waals surface area contributed by atoms with Gasteiger partial charge in [-0.05, 0) is 49.2 Å². The van der Waals surface area contributed by atoms with Crippen molar-refractivity contribution in [1.82, 2.24) is 14.8 Å².